The van der Waals surface area contributed by atoms with E-state index in [2.05, 4.69) is 34.1 Å². The van der Waals surface area contributed by atoms with Gasteiger partial charge in [-0.25, -0.2) is 14.8 Å². The van der Waals surface area contributed by atoms with Gasteiger partial charge in [0.2, 0.25) is 0 Å². The van der Waals surface area contributed by atoms with E-state index in [1.807, 2.05) is 20.8 Å². The second kappa shape index (κ2) is 6.68. The molecule has 0 bridgehead atoms. The largest absolute Gasteiger partial charge is 0.462 e. The summed E-state index contributed by atoms with van der Waals surface area (Å²) in [5, 5.41) is 0.975. The summed E-state index contributed by atoms with van der Waals surface area (Å²) in [4.78, 5) is 25.4. The van der Waals surface area contributed by atoms with E-state index in [9.17, 15) is 4.79 Å². The number of nitrogens with zero attached hydrogens (tertiary/aromatic N) is 3. The van der Waals surface area contributed by atoms with Gasteiger partial charge >= 0.3 is 5.97 Å². The second-order valence-corrected chi connectivity index (χ2v) is 7.49. The molecule has 0 fully saturated rings. The summed E-state index contributed by atoms with van der Waals surface area (Å²) in [5.74, 6) is 1.37. The number of hydrogen-bond acceptors (Lipinski definition) is 6. The Morgan fingerprint density at radius 3 is 2.77 bits per heavy atom. The number of carbonyl (C=O) groups is 1. The summed E-state index contributed by atoms with van der Waals surface area (Å²) in [7, 11) is 0. The van der Waals surface area contributed by atoms with E-state index in [-0.39, 0.29) is 5.97 Å². The van der Waals surface area contributed by atoms with Crippen LogP contribution in [-0.4, -0.2) is 29.1 Å². The van der Waals surface area contributed by atoms with Crippen LogP contribution in [0.15, 0.2) is 24.3 Å². The Bertz CT molecular complexity index is 996. The number of rotatable bonds is 3. The fourth-order valence-electron chi connectivity index (χ4n) is 3.52. The fraction of sp³-hybridized carbons (Fsp3) is 0.350. The maximum Gasteiger partial charge on any atom is 0.348 e. The first kappa shape index (κ1) is 17.0. The van der Waals surface area contributed by atoms with Crippen LogP contribution in [0.3, 0.4) is 0 Å². The minimum Gasteiger partial charge on any atom is -0.462 e. The van der Waals surface area contributed by atoms with Crippen molar-refractivity contribution >= 4 is 33.3 Å². The van der Waals surface area contributed by atoms with Crippen LogP contribution in [0.25, 0.3) is 10.2 Å². The van der Waals surface area contributed by atoms with Gasteiger partial charge in [0.05, 0.1) is 12.0 Å². The van der Waals surface area contributed by atoms with Crippen LogP contribution in [0.1, 0.15) is 39.1 Å². The first-order valence-electron chi connectivity index (χ1n) is 8.85. The Morgan fingerprint density at radius 2 is 2.00 bits per heavy atom. The van der Waals surface area contributed by atoms with Gasteiger partial charge in [0.25, 0.3) is 0 Å². The number of carbonyl (C=O) groups excluding carboxylic acids is 1. The average Bonchev–Trinajstić information content (AvgIpc) is 2.97. The molecular formula is C20H21N3O2S. The van der Waals surface area contributed by atoms with Gasteiger partial charge in [-0.3, -0.25) is 0 Å². The Hall–Kier alpha value is -2.47. The van der Waals surface area contributed by atoms with Crippen molar-refractivity contribution in [3.63, 3.8) is 0 Å². The molecule has 0 amide bonds. The molecule has 0 saturated carbocycles. The van der Waals surface area contributed by atoms with Crippen molar-refractivity contribution in [3.05, 3.63) is 51.7 Å². The Kier molecular flexibility index (Phi) is 4.36. The molecule has 3 aromatic rings. The molecule has 6 heteroatoms. The molecule has 3 heterocycles. The highest BCUT2D eigenvalue weighted by atomic mass is 32.1. The number of benzene rings is 1. The van der Waals surface area contributed by atoms with E-state index >= 15 is 0 Å². The van der Waals surface area contributed by atoms with E-state index in [0.717, 1.165) is 46.9 Å². The van der Waals surface area contributed by atoms with Crippen molar-refractivity contribution in [1.29, 1.82) is 0 Å². The van der Waals surface area contributed by atoms with Crippen LogP contribution in [-0.2, 0) is 17.7 Å². The fourth-order valence-corrected chi connectivity index (χ4v) is 4.63. The lowest BCUT2D eigenvalue weighted by Gasteiger charge is -2.30. The highest BCUT2D eigenvalue weighted by Crippen LogP contribution is 2.37. The first-order valence-corrected chi connectivity index (χ1v) is 9.66. The number of anilines is 1. The average molecular weight is 367 g/mol. The zero-order chi connectivity index (χ0) is 18.3. The van der Waals surface area contributed by atoms with Gasteiger partial charge in [-0.05, 0) is 43.9 Å². The lowest BCUT2D eigenvalue weighted by Crippen LogP contribution is -2.31. The summed E-state index contributed by atoms with van der Waals surface area (Å²) in [6.45, 7) is 7.79. The molecule has 0 radical (unpaired) electrons. The van der Waals surface area contributed by atoms with Crippen LogP contribution in [0, 0.1) is 13.8 Å². The van der Waals surface area contributed by atoms with Crippen molar-refractivity contribution in [2.45, 2.75) is 33.7 Å². The number of aryl methyl sites for hydroxylation is 2. The monoisotopic (exact) mass is 367 g/mol. The molecule has 4 rings (SSSR count). The molecule has 5 nitrogen and oxygen atoms in total. The molecule has 0 N–H and O–H groups in total. The van der Waals surface area contributed by atoms with Crippen LogP contribution in [0.5, 0.6) is 0 Å². The summed E-state index contributed by atoms with van der Waals surface area (Å²) < 4.78 is 5.21. The number of aromatic nitrogens is 2. The summed E-state index contributed by atoms with van der Waals surface area (Å²) in [6, 6.07) is 8.55. The van der Waals surface area contributed by atoms with Crippen molar-refractivity contribution in [1.82, 2.24) is 9.97 Å². The van der Waals surface area contributed by atoms with Gasteiger partial charge in [-0.1, -0.05) is 24.3 Å². The molecule has 1 aliphatic rings. The Labute approximate surface area is 156 Å². The van der Waals surface area contributed by atoms with E-state index < -0.39 is 0 Å². The van der Waals surface area contributed by atoms with Crippen molar-refractivity contribution in [2.24, 2.45) is 0 Å². The van der Waals surface area contributed by atoms with Crippen LogP contribution in [0.4, 0.5) is 5.82 Å². The lowest BCUT2D eigenvalue weighted by atomic mass is 9.99. The number of esters is 1. The third kappa shape index (κ3) is 2.84. The highest BCUT2D eigenvalue weighted by Gasteiger charge is 2.25. The molecule has 0 atom stereocenters. The molecule has 0 saturated heterocycles. The molecular weight excluding hydrogens is 346 g/mol. The van der Waals surface area contributed by atoms with E-state index in [1.165, 1.54) is 22.5 Å². The first-order chi connectivity index (χ1) is 12.6. The highest BCUT2D eigenvalue weighted by molar-refractivity contribution is 7.20. The minimum atomic E-state index is -0.277. The summed E-state index contributed by atoms with van der Waals surface area (Å²) in [6.07, 6.45) is 0.995. The van der Waals surface area contributed by atoms with Gasteiger partial charge in [0.15, 0.2) is 0 Å². The normalized spacial score (nSPS) is 13.7. The van der Waals surface area contributed by atoms with Gasteiger partial charge in [-0.15, -0.1) is 11.3 Å². The van der Waals surface area contributed by atoms with Crippen molar-refractivity contribution in [2.75, 3.05) is 18.1 Å². The summed E-state index contributed by atoms with van der Waals surface area (Å²) in [5.41, 5.74) is 3.65. The maximum absolute atomic E-state index is 12.3. The van der Waals surface area contributed by atoms with E-state index in [4.69, 9.17) is 9.72 Å². The van der Waals surface area contributed by atoms with Gasteiger partial charge < -0.3 is 9.64 Å². The van der Waals surface area contributed by atoms with Crippen molar-refractivity contribution < 1.29 is 9.53 Å². The number of ether oxygens (including phenoxy) is 1. The molecule has 134 valence electrons. The Morgan fingerprint density at radius 1 is 1.23 bits per heavy atom. The third-order valence-corrected chi connectivity index (χ3v) is 5.94. The lowest BCUT2D eigenvalue weighted by molar-refractivity contribution is 0.0531. The third-order valence-electron chi connectivity index (χ3n) is 4.77. The molecule has 2 aromatic heterocycles. The van der Waals surface area contributed by atoms with Crippen LogP contribution < -0.4 is 4.90 Å². The van der Waals surface area contributed by atoms with Crippen LogP contribution in [0.2, 0.25) is 0 Å². The van der Waals surface area contributed by atoms with Gasteiger partial charge in [0, 0.05) is 13.1 Å². The summed E-state index contributed by atoms with van der Waals surface area (Å²) >= 11 is 1.40. The predicted octanol–water partition coefficient (Wildman–Crippen LogP) is 4.05. The molecule has 0 aliphatic carbocycles. The van der Waals surface area contributed by atoms with Gasteiger partial charge in [-0.2, -0.15) is 0 Å². The predicted molar refractivity (Wildman–Crippen MR) is 104 cm³/mol. The minimum absolute atomic E-state index is 0.277. The maximum atomic E-state index is 12.3. The molecule has 26 heavy (non-hydrogen) atoms. The standard InChI is InChI=1S/C20H21N3O2S/c1-4-25-20(24)17-12(2)16-18(21-13(3)22-19(16)26-17)23-10-9-14-7-5-6-8-15(14)11-23/h5-8H,4,9-11H2,1-3H3. The number of thiophene rings is 1. The number of fused-ring (bicyclic) bond motifs is 2. The van der Waals surface area contributed by atoms with E-state index in [0.29, 0.717) is 11.5 Å². The van der Waals surface area contributed by atoms with E-state index in [1.54, 1.807) is 0 Å². The Balaban J connectivity index is 1.81. The SMILES string of the molecule is CCOC(=O)c1sc2nc(C)nc(N3CCc4ccccc4C3)c2c1C. The second-order valence-electron chi connectivity index (χ2n) is 6.49. The molecule has 0 unspecified atom stereocenters. The topological polar surface area (TPSA) is 55.3 Å². The molecule has 0 spiro atoms. The van der Waals surface area contributed by atoms with Crippen molar-refractivity contribution in [3.8, 4) is 0 Å². The number of hydrogen-bond donors (Lipinski definition) is 0. The zero-order valence-electron chi connectivity index (χ0n) is 15.2. The van der Waals surface area contributed by atoms with Gasteiger partial charge in [0.1, 0.15) is 21.3 Å². The molecule has 1 aromatic carbocycles. The quantitative estimate of drug-likeness (QED) is 0.654. The molecule has 1 aliphatic heterocycles. The zero-order valence-corrected chi connectivity index (χ0v) is 16.0. The smallest absolute Gasteiger partial charge is 0.348 e. The van der Waals surface area contributed by atoms with Crippen LogP contribution >= 0.6 is 11.3 Å².